The molecule has 2 aliphatic rings. The smallest absolute Gasteiger partial charge is 0.407 e. The second kappa shape index (κ2) is 8.27. The Balaban J connectivity index is 2.20. The lowest BCUT2D eigenvalue weighted by atomic mass is 9.84. The molecule has 7 nitrogen and oxygen atoms in total. The first-order valence-electron chi connectivity index (χ1n) is 9.61. The third kappa shape index (κ3) is 4.48. The van der Waals surface area contributed by atoms with Gasteiger partial charge in [0.1, 0.15) is 5.60 Å². The van der Waals surface area contributed by atoms with Crippen molar-refractivity contribution >= 4 is 17.8 Å². The van der Waals surface area contributed by atoms with E-state index in [4.69, 9.17) is 14.3 Å². The van der Waals surface area contributed by atoms with Gasteiger partial charge in [0.25, 0.3) is 0 Å². The molecule has 2 rings (SSSR count). The number of esters is 1. The summed E-state index contributed by atoms with van der Waals surface area (Å²) in [5.74, 6) is -0.580. The largest absolute Gasteiger partial charge is 0.466 e. The highest BCUT2D eigenvalue weighted by Crippen LogP contribution is 2.42. The molecule has 0 spiro atoms. The van der Waals surface area contributed by atoms with E-state index in [2.05, 4.69) is 24.3 Å². The number of hydrogen-bond donors (Lipinski definition) is 1. The third-order valence-electron chi connectivity index (χ3n) is 5.01. The summed E-state index contributed by atoms with van der Waals surface area (Å²) in [4.78, 5) is 30.3. The fraction of sp³-hybridized carbons (Fsp3) is 0.842. The second-order valence-electron chi connectivity index (χ2n) is 7.97. The molecule has 0 aromatic heterocycles. The van der Waals surface area contributed by atoms with Gasteiger partial charge in [-0.2, -0.15) is 0 Å². The first-order valence-corrected chi connectivity index (χ1v) is 9.61. The van der Waals surface area contributed by atoms with Gasteiger partial charge in [0.2, 0.25) is 0 Å². The van der Waals surface area contributed by atoms with Gasteiger partial charge in [-0.25, -0.2) is 4.79 Å². The van der Waals surface area contributed by atoms with Crippen molar-refractivity contribution in [2.45, 2.75) is 78.6 Å². The summed E-state index contributed by atoms with van der Waals surface area (Å²) in [5, 5.41) is 7.24. The Morgan fingerprint density at radius 3 is 2.46 bits per heavy atom. The van der Waals surface area contributed by atoms with E-state index in [0.717, 1.165) is 18.6 Å². The second-order valence-corrected chi connectivity index (χ2v) is 7.97. The molecule has 1 aliphatic heterocycles. The predicted molar refractivity (Wildman–Crippen MR) is 97.8 cm³/mol. The number of nitrogens with one attached hydrogen (secondary N) is 1. The van der Waals surface area contributed by atoms with Crippen LogP contribution < -0.4 is 5.32 Å². The first-order chi connectivity index (χ1) is 12.2. The van der Waals surface area contributed by atoms with Crippen LogP contribution >= 0.6 is 0 Å². The number of fused-ring (bicyclic) bond motifs is 1. The monoisotopic (exact) mass is 368 g/mol. The molecule has 0 radical (unpaired) electrons. The summed E-state index contributed by atoms with van der Waals surface area (Å²) < 4.78 is 10.6. The highest BCUT2D eigenvalue weighted by Gasteiger charge is 2.55. The van der Waals surface area contributed by atoms with Crippen molar-refractivity contribution in [3.05, 3.63) is 0 Å². The number of alkyl carbamates (subject to hydrolysis) is 1. The molecule has 1 heterocycles. The van der Waals surface area contributed by atoms with E-state index in [9.17, 15) is 9.59 Å². The standard InChI is InChI=1S/C19H32N2O5/c1-7-11(8-2)15-14-13(20-18(23)25-19(4,5)6)10-12(16(14)26-21-15)17(22)24-9-3/h11-14,16H,7-10H2,1-6H3,(H,20,23)/t12-,13+,14+,16+/m1/s1. The molecular formula is C19H32N2O5. The zero-order valence-electron chi connectivity index (χ0n) is 16.7. The van der Waals surface area contributed by atoms with E-state index in [1.165, 1.54) is 0 Å². The molecule has 1 aliphatic carbocycles. The first kappa shape index (κ1) is 20.5. The lowest BCUT2D eigenvalue weighted by Crippen LogP contribution is -2.45. The van der Waals surface area contributed by atoms with E-state index in [0.29, 0.717) is 13.0 Å². The Kier molecular flexibility index (Phi) is 6.53. The zero-order chi connectivity index (χ0) is 19.5. The van der Waals surface area contributed by atoms with Crippen LogP contribution in [0.4, 0.5) is 4.79 Å². The van der Waals surface area contributed by atoms with Crippen molar-refractivity contribution in [3.63, 3.8) is 0 Å². The maximum atomic E-state index is 12.4. The van der Waals surface area contributed by atoms with Crippen molar-refractivity contribution < 1.29 is 23.9 Å². The Morgan fingerprint density at radius 2 is 1.92 bits per heavy atom. The van der Waals surface area contributed by atoms with Crippen LogP contribution in [0.3, 0.4) is 0 Å². The van der Waals surface area contributed by atoms with Crippen LogP contribution in [0.5, 0.6) is 0 Å². The molecule has 1 amide bonds. The molecule has 1 fully saturated rings. The van der Waals surface area contributed by atoms with E-state index in [1.54, 1.807) is 6.92 Å². The van der Waals surface area contributed by atoms with E-state index in [-0.39, 0.29) is 30.0 Å². The number of carbonyl (C=O) groups excluding carboxylic acids is 2. The van der Waals surface area contributed by atoms with Gasteiger partial charge in [0, 0.05) is 12.0 Å². The average molecular weight is 368 g/mol. The highest BCUT2D eigenvalue weighted by atomic mass is 16.6. The molecule has 0 bridgehead atoms. The summed E-state index contributed by atoms with van der Waals surface area (Å²) in [6, 6.07) is -0.258. The van der Waals surface area contributed by atoms with Gasteiger partial charge in [-0.05, 0) is 47.0 Å². The molecule has 0 aromatic rings. The van der Waals surface area contributed by atoms with Crippen LogP contribution in [-0.2, 0) is 19.1 Å². The summed E-state index contributed by atoms with van der Waals surface area (Å²) >= 11 is 0. The van der Waals surface area contributed by atoms with Crippen molar-refractivity contribution in [3.8, 4) is 0 Å². The lowest BCUT2D eigenvalue weighted by Gasteiger charge is -2.25. The van der Waals surface area contributed by atoms with Gasteiger partial charge in [0.05, 0.1) is 24.2 Å². The normalized spacial score (nSPS) is 27.6. The highest BCUT2D eigenvalue weighted by molar-refractivity contribution is 5.93. The molecular weight excluding hydrogens is 336 g/mol. The Bertz CT molecular complexity index is 551. The number of carbonyl (C=O) groups is 2. The minimum absolute atomic E-state index is 0.123. The van der Waals surface area contributed by atoms with Crippen molar-refractivity contribution in [1.29, 1.82) is 0 Å². The predicted octanol–water partition coefficient (Wildman–Crippen LogP) is 3.27. The van der Waals surface area contributed by atoms with Gasteiger partial charge in [-0.1, -0.05) is 19.0 Å². The van der Waals surface area contributed by atoms with Crippen LogP contribution in [0.1, 0.15) is 60.8 Å². The Morgan fingerprint density at radius 1 is 1.27 bits per heavy atom. The molecule has 148 valence electrons. The quantitative estimate of drug-likeness (QED) is 0.727. The summed E-state index contributed by atoms with van der Waals surface area (Å²) in [6.45, 7) is 11.8. The SMILES string of the molecule is CCOC(=O)[C@@H]1C[C@H](NC(=O)OC(C)(C)C)[C@H]2C(C(CC)CC)=NO[C@H]21. The van der Waals surface area contributed by atoms with Gasteiger partial charge < -0.3 is 19.6 Å². The van der Waals surface area contributed by atoms with Gasteiger partial charge in [-0.15, -0.1) is 0 Å². The maximum absolute atomic E-state index is 12.4. The van der Waals surface area contributed by atoms with E-state index < -0.39 is 17.6 Å². The van der Waals surface area contributed by atoms with E-state index in [1.807, 2.05) is 20.8 Å². The van der Waals surface area contributed by atoms with Crippen LogP contribution in [-0.4, -0.2) is 42.1 Å². The van der Waals surface area contributed by atoms with Crippen LogP contribution in [0.25, 0.3) is 0 Å². The fourth-order valence-corrected chi connectivity index (χ4v) is 3.87. The number of hydrogen-bond acceptors (Lipinski definition) is 6. The summed E-state index contributed by atoms with van der Waals surface area (Å²) in [7, 11) is 0. The number of amides is 1. The third-order valence-corrected chi connectivity index (χ3v) is 5.01. The molecule has 4 atom stereocenters. The van der Waals surface area contributed by atoms with Crippen LogP contribution in [0.15, 0.2) is 5.16 Å². The summed E-state index contributed by atoms with van der Waals surface area (Å²) in [6.07, 6.45) is 1.47. The van der Waals surface area contributed by atoms with Gasteiger partial charge in [-0.3, -0.25) is 4.79 Å². The molecule has 26 heavy (non-hydrogen) atoms. The zero-order valence-corrected chi connectivity index (χ0v) is 16.7. The average Bonchev–Trinajstić information content (AvgIpc) is 3.09. The summed E-state index contributed by atoms with van der Waals surface area (Å²) in [5.41, 5.74) is 0.356. The van der Waals surface area contributed by atoms with Crippen LogP contribution in [0, 0.1) is 17.8 Å². The molecule has 0 unspecified atom stereocenters. The minimum atomic E-state index is -0.582. The molecule has 1 N–H and O–H groups in total. The molecule has 7 heteroatoms. The molecule has 0 aromatic carbocycles. The van der Waals surface area contributed by atoms with Crippen molar-refractivity contribution in [2.75, 3.05) is 6.61 Å². The number of rotatable bonds is 6. The van der Waals surface area contributed by atoms with E-state index >= 15 is 0 Å². The van der Waals surface area contributed by atoms with Crippen molar-refractivity contribution in [1.82, 2.24) is 5.32 Å². The number of oxime groups is 1. The maximum Gasteiger partial charge on any atom is 0.407 e. The topological polar surface area (TPSA) is 86.2 Å². The van der Waals surface area contributed by atoms with Crippen molar-refractivity contribution in [2.24, 2.45) is 22.9 Å². The Hall–Kier alpha value is -1.79. The fourth-order valence-electron chi connectivity index (χ4n) is 3.87. The minimum Gasteiger partial charge on any atom is -0.466 e. The number of ether oxygens (including phenoxy) is 2. The van der Waals surface area contributed by atoms with Gasteiger partial charge >= 0.3 is 12.1 Å². The van der Waals surface area contributed by atoms with Gasteiger partial charge in [0.15, 0.2) is 6.10 Å². The Labute approximate surface area is 155 Å². The van der Waals surface area contributed by atoms with Crippen LogP contribution in [0.2, 0.25) is 0 Å². The molecule has 1 saturated carbocycles. The lowest BCUT2D eigenvalue weighted by molar-refractivity contribution is -0.152. The number of nitrogens with zero attached hydrogens (tertiary/aromatic N) is 1. The molecule has 0 saturated heterocycles.